The highest BCUT2D eigenvalue weighted by molar-refractivity contribution is 7.99. The van der Waals surface area contributed by atoms with Crippen LogP contribution in [0.25, 0.3) is 0 Å². The molecule has 0 unspecified atom stereocenters. The van der Waals surface area contributed by atoms with Gasteiger partial charge in [-0.1, -0.05) is 30.0 Å². The second-order valence-electron chi connectivity index (χ2n) is 5.93. The molecule has 1 aromatic carbocycles. The fourth-order valence-electron chi connectivity index (χ4n) is 3.07. The van der Waals surface area contributed by atoms with Crippen LogP contribution in [0.5, 0.6) is 5.75 Å². The number of carbonyl (C=O) groups is 1. The number of anilines is 1. The highest BCUT2D eigenvalue weighted by Gasteiger charge is 2.32. The molecule has 7 heteroatoms. The van der Waals surface area contributed by atoms with Crippen molar-refractivity contribution in [1.29, 1.82) is 0 Å². The van der Waals surface area contributed by atoms with Crippen LogP contribution in [0.15, 0.2) is 46.9 Å². The second-order valence-corrected chi connectivity index (χ2v) is 6.92. The smallest absolute Gasteiger partial charge is 0.279 e. The number of aromatic nitrogens is 2. The molecule has 1 aliphatic heterocycles. The lowest BCUT2D eigenvalue weighted by atomic mass is 9.86. The summed E-state index contributed by atoms with van der Waals surface area (Å²) in [7, 11) is 1.80. The van der Waals surface area contributed by atoms with Gasteiger partial charge in [0, 0.05) is 25.1 Å². The number of ether oxygens (including phenoxy) is 1. The van der Waals surface area contributed by atoms with Crippen molar-refractivity contribution in [2.45, 2.75) is 24.4 Å². The van der Waals surface area contributed by atoms with E-state index in [2.05, 4.69) is 16.9 Å². The van der Waals surface area contributed by atoms with E-state index in [-0.39, 0.29) is 23.8 Å². The van der Waals surface area contributed by atoms with E-state index in [9.17, 15) is 9.59 Å². The van der Waals surface area contributed by atoms with Gasteiger partial charge >= 0.3 is 0 Å². The van der Waals surface area contributed by atoms with E-state index in [1.165, 1.54) is 11.8 Å². The molecule has 2 aromatic rings. The maximum Gasteiger partial charge on any atom is 0.279 e. The fraction of sp³-hybridized carbons (Fsp3) is 0.316. The first-order valence-corrected chi connectivity index (χ1v) is 9.41. The highest BCUT2D eigenvalue weighted by atomic mass is 32.2. The molecule has 2 heterocycles. The Hall–Kier alpha value is -2.54. The summed E-state index contributed by atoms with van der Waals surface area (Å²) in [6.07, 6.45) is 1.95. The monoisotopic (exact) mass is 371 g/mol. The number of rotatable bonds is 6. The fourth-order valence-corrected chi connectivity index (χ4v) is 3.77. The van der Waals surface area contributed by atoms with Gasteiger partial charge in [0.1, 0.15) is 11.6 Å². The van der Waals surface area contributed by atoms with E-state index in [4.69, 9.17) is 4.74 Å². The zero-order valence-corrected chi connectivity index (χ0v) is 15.6. The number of hydrogen-bond acceptors (Lipinski definition) is 5. The lowest BCUT2D eigenvalue weighted by Gasteiger charge is -2.27. The van der Waals surface area contributed by atoms with Crippen molar-refractivity contribution < 1.29 is 9.53 Å². The van der Waals surface area contributed by atoms with E-state index in [0.717, 1.165) is 11.3 Å². The zero-order chi connectivity index (χ0) is 18.7. The molecule has 0 spiro atoms. The molecule has 136 valence electrons. The van der Waals surface area contributed by atoms with Gasteiger partial charge in [-0.3, -0.25) is 9.59 Å². The second kappa shape index (κ2) is 7.78. The van der Waals surface area contributed by atoms with Crippen molar-refractivity contribution in [3.8, 4) is 5.75 Å². The number of amides is 1. The van der Waals surface area contributed by atoms with Gasteiger partial charge in [0.15, 0.2) is 5.16 Å². The summed E-state index contributed by atoms with van der Waals surface area (Å²) < 4.78 is 7.32. The third-order valence-corrected chi connectivity index (χ3v) is 5.23. The Morgan fingerprint density at radius 3 is 3.00 bits per heavy atom. The number of benzene rings is 1. The minimum absolute atomic E-state index is 0.120. The average molecular weight is 371 g/mol. The molecule has 1 aliphatic rings. The molecule has 26 heavy (non-hydrogen) atoms. The number of carbonyl (C=O) groups excluding carboxylic acids is 1. The summed E-state index contributed by atoms with van der Waals surface area (Å²) in [5, 5.41) is 3.39. The first-order valence-electron chi connectivity index (χ1n) is 8.42. The number of fused-ring (bicyclic) bond motifs is 1. The quantitative estimate of drug-likeness (QED) is 0.480. The highest BCUT2D eigenvalue weighted by Crippen LogP contribution is 2.36. The van der Waals surface area contributed by atoms with Crippen LogP contribution in [-0.2, 0) is 11.8 Å². The van der Waals surface area contributed by atoms with Gasteiger partial charge in [-0.05, 0) is 24.6 Å². The van der Waals surface area contributed by atoms with Gasteiger partial charge in [0.2, 0.25) is 5.91 Å². The molecule has 1 N–H and O–H groups in total. The molecule has 0 saturated heterocycles. The van der Waals surface area contributed by atoms with Crippen LogP contribution < -0.4 is 15.6 Å². The first-order chi connectivity index (χ1) is 12.5. The van der Waals surface area contributed by atoms with Crippen LogP contribution in [0.4, 0.5) is 5.82 Å². The van der Waals surface area contributed by atoms with Crippen molar-refractivity contribution in [1.82, 2.24) is 9.55 Å². The van der Waals surface area contributed by atoms with Gasteiger partial charge in [-0.2, -0.15) is 4.98 Å². The topological polar surface area (TPSA) is 73.2 Å². The van der Waals surface area contributed by atoms with Gasteiger partial charge in [-0.15, -0.1) is 6.58 Å². The zero-order valence-electron chi connectivity index (χ0n) is 14.8. The Balaban J connectivity index is 2.11. The van der Waals surface area contributed by atoms with Crippen LogP contribution in [-0.4, -0.2) is 27.8 Å². The summed E-state index contributed by atoms with van der Waals surface area (Å²) in [5.41, 5.74) is 1.08. The summed E-state index contributed by atoms with van der Waals surface area (Å²) in [6, 6.07) is 7.53. The summed E-state index contributed by atoms with van der Waals surface area (Å²) in [4.78, 5) is 29.3. The molecule has 0 bridgehead atoms. The van der Waals surface area contributed by atoms with Gasteiger partial charge in [0.05, 0.1) is 12.2 Å². The van der Waals surface area contributed by atoms with Crippen LogP contribution in [0, 0.1) is 0 Å². The minimum atomic E-state index is -0.344. The number of hydrogen-bond donors (Lipinski definition) is 1. The maximum atomic E-state index is 12.8. The number of nitrogens with one attached hydrogen (secondary N) is 1. The molecular weight excluding hydrogens is 350 g/mol. The molecule has 1 aromatic heterocycles. The number of thioether (sulfide) groups is 1. The minimum Gasteiger partial charge on any atom is -0.494 e. The van der Waals surface area contributed by atoms with Gasteiger partial charge in [-0.25, -0.2) is 0 Å². The Labute approximate surface area is 156 Å². The normalized spacial score (nSPS) is 15.9. The van der Waals surface area contributed by atoms with E-state index in [1.54, 1.807) is 17.7 Å². The largest absolute Gasteiger partial charge is 0.494 e. The molecule has 1 amide bonds. The van der Waals surface area contributed by atoms with Crippen LogP contribution in [0.1, 0.15) is 30.4 Å². The van der Waals surface area contributed by atoms with Crippen LogP contribution in [0.3, 0.4) is 0 Å². The standard InChI is InChI=1S/C19H21N3O3S/c1-4-9-26-19-21-18(24)16-14(11-15(23)20-17(16)22(19)3)12-7-6-8-13(10-12)25-5-2/h4,6-8,10,14H,1,5,9,11H2,2-3H3,(H,20,23)/t14-/m1/s1. The molecule has 0 saturated carbocycles. The Kier molecular flexibility index (Phi) is 5.46. The van der Waals surface area contributed by atoms with Crippen molar-refractivity contribution in [3.63, 3.8) is 0 Å². The molecule has 0 fully saturated rings. The maximum absolute atomic E-state index is 12.8. The lowest BCUT2D eigenvalue weighted by Crippen LogP contribution is -2.33. The van der Waals surface area contributed by atoms with Crippen molar-refractivity contribution >= 4 is 23.5 Å². The van der Waals surface area contributed by atoms with E-state index >= 15 is 0 Å². The molecular formula is C19H21N3O3S. The van der Waals surface area contributed by atoms with Gasteiger partial charge < -0.3 is 14.6 Å². The third kappa shape index (κ3) is 3.53. The van der Waals surface area contributed by atoms with E-state index < -0.39 is 0 Å². The summed E-state index contributed by atoms with van der Waals surface area (Å²) >= 11 is 1.40. The molecule has 1 atom stereocenters. The lowest BCUT2D eigenvalue weighted by molar-refractivity contribution is -0.116. The van der Waals surface area contributed by atoms with Crippen molar-refractivity contribution in [2.24, 2.45) is 7.05 Å². The molecule has 0 radical (unpaired) electrons. The van der Waals surface area contributed by atoms with Crippen molar-refractivity contribution in [2.75, 3.05) is 17.7 Å². The Morgan fingerprint density at radius 2 is 2.27 bits per heavy atom. The van der Waals surface area contributed by atoms with E-state index in [1.807, 2.05) is 31.2 Å². The van der Waals surface area contributed by atoms with E-state index in [0.29, 0.717) is 28.9 Å². The SMILES string of the molecule is C=CCSc1nc(=O)c2c(n1C)NC(=O)C[C@@H]2c1cccc(OCC)c1. The Bertz CT molecular complexity index is 907. The average Bonchev–Trinajstić information content (AvgIpc) is 2.63. The molecule has 6 nitrogen and oxygen atoms in total. The predicted octanol–water partition coefficient (Wildman–Crippen LogP) is 2.93. The van der Waals surface area contributed by atoms with Gasteiger partial charge in [0.25, 0.3) is 5.56 Å². The predicted molar refractivity (Wildman–Crippen MR) is 103 cm³/mol. The number of nitrogens with zero attached hydrogens (tertiary/aromatic N) is 2. The van der Waals surface area contributed by atoms with Crippen molar-refractivity contribution in [3.05, 3.63) is 58.4 Å². The Morgan fingerprint density at radius 1 is 1.46 bits per heavy atom. The van der Waals surface area contributed by atoms with Crippen LogP contribution in [0.2, 0.25) is 0 Å². The third-order valence-electron chi connectivity index (χ3n) is 4.20. The summed E-state index contributed by atoms with van der Waals surface area (Å²) in [5.74, 6) is 1.40. The molecule has 3 rings (SSSR count). The summed E-state index contributed by atoms with van der Waals surface area (Å²) in [6.45, 7) is 6.15. The first kappa shape index (κ1) is 18.3. The van der Waals surface area contributed by atoms with Crippen LogP contribution >= 0.6 is 11.8 Å². The molecule has 0 aliphatic carbocycles.